The van der Waals surface area contributed by atoms with Gasteiger partial charge in [-0.1, -0.05) is 36.5 Å². The number of benzene rings is 1. The molecule has 1 heterocycles. The first-order valence-corrected chi connectivity index (χ1v) is 9.27. The Morgan fingerprint density at radius 3 is 2.43 bits per heavy atom. The normalized spacial score (nSPS) is 18.1. The van der Waals surface area contributed by atoms with Crippen molar-refractivity contribution in [2.45, 2.75) is 37.6 Å². The summed E-state index contributed by atoms with van der Waals surface area (Å²) >= 11 is 12.2. The Kier molecular flexibility index (Phi) is 5.54. The average molecular weight is 351 g/mol. The van der Waals surface area contributed by atoms with Crippen LogP contribution in [0.4, 0.5) is 0 Å². The molecule has 2 rings (SSSR count). The molecule has 1 fully saturated rings. The van der Waals surface area contributed by atoms with Crippen LogP contribution in [-0.4, -0.2) is 25.8 Å². The fourth-order valence-corrected chi connectivity index (χ4v) is 5.04. The summed E-state index contributed by atoms with van der Waals surface area (Å²) in [5, 5.41) is 0.515. The van der Waals surface area contributed by atoms with E-state index in [4.69, 9.17) is 28.9 Å². The van der Waals surface area contributed by atoms with Crippen molar-refractivity contribution in [3.8, 4) is 0 Å². The van der Waals surface area contributed by atoms with Gasteiger partial charge in [-0.25, -0.2) is 8.42 Å². The van der Waals surface area contributed by atoms with Crippen LogP contribution in [0.15, 0.2) is 17.0 Å². The number of sulfonamides is 1. The monoisotopic (exact) mass is 350 g/mol. The molecule has 1 saturated heterocycles. The molecule has 0 amide bonds. The van der Waals surface area contributed by atoms with Crippen molar-refractivity contribution < 1.29 is 8.42 Å². The molecule has 1 aliphatic heterocycles. The van der Waals surface area contributed by atoms with E-state index in [0.29, 0.717) is 29.6 Å². The molecule has 2 N–H and O–H groups in total. The Morgan fingerprint density at radius 2 is 1.90 bits per heavy atom. The molecular weight excluding hydrogens is 331 g/mol. The van der Waals surface area contributed by atoms with Crippen LogP contribution in [0, 0.1) is 5.92 Å². The maximum atomic E-state index is 12.8. The second-order valence-electron chi connectivity index (χ2n) is 5.34. The van der Waals surface area contributed by atoms with Crippen molar-refractivity contribution in [2.75, 3.05) is 13.1 Å². The third-order valence-corrected chi connectivity index (χ3v) is 6.77. The van der Waals surface area contributed by atoms with Crippen LogP contribution in [0.3, 0.4) is 0 Å². The fourth-order valence-electron chi connectivity index (χ4n) is 2.65. The molecule has 0 bridgehead atoms. The van der Waals surface area contributed by atoms with Gasteiger partial charge in [0.1, 0.15) is 4.90 Å². The summed E-state index contributed by atoms with van der Waals surface area (Å²) in [4.78, 5) is 0.0621. The molecule has 1 aromatic rings. The van der Waals surface area contributed by atoms with Crippen molar-refractivity contribution in [3.63, 3.8) is 0 Å². The molecule has 21 heavy (non-hydrogen) atoms. The zero-order valence-electron chi connectivity index (χ0n) is 12.0. The van der Waals surface area contributed by atoms with Crippen LogP contribution in [0.25, 0.3) is 0 Å². The molecule has 118 valence electrons. The molecule has 0 spiro atoms. The fraction of sp³-hybridized carbons (Fsp3) is 0.571. The number of hydrogen-bond acceptors (Lipinski definition) is 3. The summed E-state index contributed by atoms with van der Waals surface area (Å²) in [5.74, 6) is 0.603. The lowest BCUT2D eigenvalue weighted by molar-refractivity contribution is 0.269. The smallest absolute Gasteiger partial charge is 0.244 e. The van der Waals surface area contributed by atoms with E-state index in [0.717, 1.165) is 19.3 Å². The highest BCUT2D eigenvalue weighted by molar-refractivity contribution is 7.89. The van der Waals surface area contributed by atoms with E-state index >= 15 is 0 Å². The van der Waals surface area contributed by atoms with Crippen molar-refractivity contribution in [2.24, 2.45) is 11.7 Å². The van der Waals surface area contributed by atoms with Crippen LogP contribution >= 0.6 is 23.2 Å². The zero-order chi connectivity index (χ0) is 15.6. The summed E-state index contributed by atoms with van der Waals surface area (Å²) in [6.07, 6.45) is 2.86. The Bertz CT molecular complexity index is 612. The SMILES string of the molecule is CCC1CCN(S(=O)(=O)c2cc(Cl)cc(CN)c2Cl)CC1. The van der Waals surface area contributed by atoms with E-state index in [9.17, 15) is 8.42 Å². The predicted molar refractivity (Wildman–Crippen MR) is 86.1 cm³/mol. The summed E-state index contributed by atoms with van der Waals surface area (Å²) < 4.78 is 27.0. The van der Waals surface area contributed by atoms with E-state index in [-0.39, 0.29) is 16.5 Å². The Hall–Kier alpha value is -0.330. The van der Waals surface area contributed by atoms with Crippen molar-refractivity contribution in [3.05, 3.63) is 27.7 Å². The molecule has 0 aromatic heterocycles. The van der Waals surface area contributed by atoms with Crippen LogP contribution in [-0.2, 0) is 16.6 Å². The highest BCUT2D eigenvalue weighted by Gasteiger charge is 2.31. The number of piperidine rings is 1. The molecule has 1 aliphatic rings. The van der Waals surface area contributed by atoms with Gasteiger partial charge in [0.2, 0.25) is 10.0 Å². The standard InChI is InChI=1S/C14H20Cl2N2O2S/c1-2-10-3-5-18(6-4-10)21(19,20)13-8-12(15)7-11(9-17)14(13)16/h7-8,10H,2-6,9,17H2,1H3. The summed E-state index contributed by atoms with van der Waals surface area (Å²) in [7, 11) is -3.62. The largest absolute Gasteiger partial charge is 0.326 e. The molecule has 0 saturated carbocycles. The van der Waals surface area contributed by atoms with E-state index in [1.807, 2.05) is 0 Å². The minimum absolute atomic E-state index is 0.0621. The molecule has 7 heteroatoms. The molecule has 0 atom stereocenters. The molecule has 0 aliphatic carbocycles. The first-order valence-electron chi connectivity index (χ1n) is 7.08. The van der Waals surface area contributed by atoms with Gasteiger partial charge >= 0.3 is 0 Å². The van der Waals surface area contributed by atoms with E-state index in [1.54, 1.807) is 6.07 Å². The van der Waals surface area contributed by atoms with Crippen LogP contribution < -0.4 is 5.73 Å². The molecule has 0 radical (unpaired) electrons. The molecular formula is C14H20Cl2N2O2S. The second-order valence-corrected chi connectivity index (χ2v) is 8.06. The van der Waals surface area contributed by atoms with Crippen molar-refractivity contribution >= 4 is 33.2 Å². The third-order valence-electron chi connectivity index (χ3n) is 4.07. The van der Waals surface area contributed by atoms with Crippen molar-refractivity contribution in [1.29, 1.82) is 0 Å². The number of hydrogen-bond donors (Lipinski definition) is 1. The minimum Gasteiger partial charge on any atom is -0.326 e. The van der Waals surface area contributed by atoms with Gasteiger partial charge in [0.25, 0.3) is 0 Å². The van der Waals surface area contributed by atoms with Crippen LogP contribution in [0.2, 0.25) is 10.0 Å². The summed E-state index contributed by atoms with van der Waals surface area (Å²) in [6.45, 7) is 3.35. The lowest BCUT2D eigenvalue weighted by Crippen LogP contribution is -2.38. The zero-order valence-corrected chi connectivity index (χ0v) is 14.3. The minimum atomic E-state index is -3.62. The van der Waals surface area contributed by atoms with Gasteiger partial charge in [-0.2, -0.15) is 4.31 Å². The van der Waals surface area contributed by atoms with E-state index in [1.165, 1.54) is 10.4 Å². The Balaban J connectivity index is 2.34. The maximum absolute atomic E-state index is 12.8. The highest BCUT2D eigenvalue weighted by atomic mass is 35.5. The number of halogens is 2. The summed E-state index contributed by atoms with van der Waals surface area (Å²) in [5.41, 5.74) is 6.14. The van der Waals surface area contributed by atoms with Gasteiger partial charge in [0, 0.05) is 24.7 Å². The van der Waals surface area contributed by atoms with Gasteiger partial charge in [-0.05, 0) is 36.5 Å². The number of nitrogens with two attached hydrogens (primary N) is 1. The quantitative estimate of drug-likeness (QED) is 0.906. The first kappa shape index (κ1) is 17.0. The number of rotatable bonds is 4. The predicted octanol–water partition coefficient (Wildman–Crippen LogP) is 3.26. The second kappa shape index (κ2) is 6.84. The van der Waals surface area contributed by atoms with Gasteiger partial charge in [0.05, 0.1) is 5.02 Å². The summed E-state index contributed by atoms with van der Waals surface area (Å²) in [6, 6.07) is 3.01. The lowest BCUT2D eigenvalue weighted by Gasteiger charge is -2.31. The van der Waals surface area contributed by atoms with Crippen molar-refractivity contribution in [1.82, 2.24) is 4.31 Å². The maximum Gasteiger partial charge on any atom is 0.244 e. The van der Waals surface area contributed by atoms with Gasteiger partial charge in [-0.3, -0.25) is 0 Å². The molecule has 4 nitrogen and oxygen atoms in total. The van der Waals surface area contributed by atoms with Crippen LogP contribution in [0.5, 0.6) is 0 Å². The molecule has 0 unspecified atom stereocenters. The van der Waals surface area contributed by atoms with E-state index in [2.05, 4.69) is 6.92 Å². The Labute approximate surface area is 136 Å². The van der Waals surface area contributed by atoms with Gasteiger partial charge < -0.3 is 5.73 Å². The van der Waals surface area contributed by atoms with Gasteiger partial charge in [-0.15, -0.1) is 0 Å². The van der Waals surface area contributed by atoms with E-state index < -0.39 is 10.0 Å². The van der Waals surface area contributed by atoms with Gasteiger partial charge in [0.15, 0.2) is 0 Å². The highest BCUT2D eigenvalue weighted by Crippen LogP contribution is 2.33. The third kappa shape index (κ3) is 3.54. The number of nitrogens with zero attached hydrogens (tertiary/aromatic N) is 1. The average Bonchev–Trinajstić information content (AvgIpc) is 2.49. The molecule has 1 aromatic carbocycles. The first-order chi connectivity index (χ1) is 9.90. The Morgan fingerprint density at radius 1 is 1.29 bits per heavy atom. The van der Waals surface area contributed by atoms with Crippen LogP contribution in [0.1, 0.15) is 31.7 Å². The topological polar surface area (TPSA) is 63.4 Å². The lowest BCUT2D eigenvalue weighted by atomic mass is 9.96.